The molecule has 7 N–H and O–H groups in total. The van der Waals surface area contributed by atoms with Crippen molar-refractivity contribution in [1.82, 2.24) is 10.6 Å². The lowest BCUT2D eigenvalue weighted by atomic mass is 9.98. The van der Waals surface area contributed by atoms with Crippen LogP contribution in [-0.2, 0) is 31.9 Å². The molecule has 1 fully saturated rings. The highest BCUT2D eigenvalue weighted by Crippen LogP contribution is 2.23. The molecule has 16 heteroatoms. The van der Waals surface area contributed by atoms with Gasteiger partial charge in [-0.1, -0.05) is 56.7 Å². The van der Waals surface area contributed by atoms with E-state index in [-0.39, 0.29) is 31.0 Å². The van der Waals surface area contributed by atoms with Crippen LogP contribution in [-0.4, -0.2) is 104 Å². The number of halogens is 2. The molecule has 0 bridgehead atoms. The van der Waals surface area contributed by atoms with Gasteiger partial charge in [-0.05, 0) is 49.4 Å². The summed E-state index contributed by atoms with van der Waals surface area (Å²) in [6, 6.07) is 8.25. The van der Waals surface area contributed by atoms with Crippen LogP contribution in [0.1, 0.15) is 75.8 Å². The van der Waals surface area contributed by atoms with Crippen molar-refractivity contribution in [2.24, 2.45) is 0 Å². The highest BCUT2D eigenvalue weighted by Gasteiger charge is 2.45. The fourth-order valence-electron chi connectivity index (χ4n) is 5.83. The van der Waals surface area contributed by atoms with E-state index in [1.807, 2.05) is 0 Å². The summed E-state index contributed by atoms with van der Waals surface area (Å²) < 4.78 is 37.6. The van der Waals surface area contributed by atoms with E-state index in [9.17, 15) is 54.0 Å². The number of benzene rings is 2. The Morgan fingerprint density at radius 1 is 0.865 bits per heavy atom. The molecule has 2 aromatic carbocycles. The molecule has 1 aliphatic rings. The first-order valence-electron chi connectivity index (χ1n) is 17.7. The standard InChI is InChI=1S/C36H51F2N3O11/c1-22(42)32(45)28(40-30(43)11-9-7-5-3-2-4-6-8-10-23-14-17-26(37)27(38)18-23)21-51-36-35(48)34(47)33(46)29(52-36)20-39-31(44)19-24-12-15-25(16-13-24)41(49)50/h12-18,22,28-29,32-36,42,45-48H,2-11,19-21H2,1H3,(H,39,44)(H,40,43)/t22-,28+,29?,32-,33+,34?,35?,36+/m1/s1. The Balaban J connectivity index is 1.37. The van der Waals surface area contributed by atoms with Crippen LogP contribution in [0, 0.1) is 21.7 Å². The topological polar surface area (TPSA) is 221 Å². The summed E-state index contributed by atoms with van der Waals surface area (Å²) in [5.41, 5.74) is 1.15. The lowest BCUT2D eigenvalue weighted by Crippen LogP contribution is -2.61. The number of rotatable bonds is 22. The van der Waals surface area contributed by atoms with E-state index in [2.05, 4.69) is 10.6 Å². The van der Waals surface area contributed by atoms with Gasteiger partial charge in [-0.25, -0.2) is 8.78 Å². The number of nitro benzene ring substituents is 1. The van der Waals surface area contributed by atoms with Gasteiger partial charge in [0.25, 0.3) is 5.69 Å². The number of unbranched alkanes of at least 4 members (excludes halogenated alkanes) is 7. The van der Waals surface area contributed by atoms with Gasteiger partial charge in [0.2, 0.25) is 11.8 Å². The Morgan fingerprint density at radius 2 is 1.48 bits per heavy atom. The zero-order chi connectivity index (χ0) is 38.2. The molecule has 2 aromatic rings. The molecule has 3 rings (SSSR count). The molecular weight excluding hydrogens is 688 g/mol. The quantitative estimate of drug-likeness (QED) is 0.0528. The summed E-state index contributed by atoms with van der Waals surface area (Å²) in [4.78, 5) is 35.4. The van der Waals surface area contributed by atoms with Crippen LogP contribution in [0.15, 0.2) is 42.5 Å². The van der Waals surface area contributed by atoms with Crippen LogP contribution in [0.25, 0.3) is 0 Å². The zero-order valence-electron chi connectivity index (χ0n) is 29.2. The molecule has 2 amide bonds. The second-order valence-corrected chi connectivity index (χ2v) is 13.2. The van der Waals surface area contributed by atoms with Crippen LogP contribution >= 0.6 is 0 Å². The summed E-state index contributed by atoms with van der Waals surface area (Å²) in [6.45, 7) is 0.610. The summed E-state index contributed by atoms with van der Waals surface area (Å²) in [5, 5.41) is 67.9. The normalized spacial score (nSPS) is 22.0. The first-order chi connectivity index (χ1) is 24.8. The van der Waals surface area contributed by atoms with Crippen LogP contribution in [0.3, 0.4) is 0 Å². The van der Waals surface area contributed by atoms with E-state index < -0.39 is 78.0 Å². The first-order valence-corrected chi connectivity index (χ1v) is 17.7. The average molecular weight is 740 g/mol. The molecule has 52 heavy (non-hydrogen) atoms. The predicted octanol–water partition coefficient (Wildman–Crippen LogP) is 2.34. The largest absolute Gasteiger partial charge is 0.391 e. The maximum atomic E-state index is 13.3. The highest BCUT2D eigenvalue weighted by molar-refractivity contribution is 5.78. The Labute approximate surface area is 301 Å². The van der Waals surface area contributed by atoms with E-state index in [0.717, 1.165) is 56.6 Å². The minimum atomic E-state index is -1.72. The van der Waals surface area contributed by atoms with Crippen molar-refractivity contribution in [3.8, 4) is 0 Å². The van der Waals surface area contributed by atoms with Crippen molar-refractivity contribution in [3.63, 3.8) is 0 Å². The molecule has 1 heterocycles. The van der Waals surface area contributed by atoms with E-state index in [1.54, 1.807) is 6.07 Å². The average Bonchev–Trinajstić information content (AvgIpc) is 3.11. The molecule has 290 valence electrons. The number of ether oxygens (including phenoxy) is 2. The van der Waals surface area contributed by atoms with Gasteiger partial charge in [0.1, 0.15) is 30.5 Å². The predicted molar refractivity (Wildman–Crippen MR) is 184 cm³/mol. The summed E-state index contributed by atoms with van der Waals surface area (Å²) >= 11 is 0. The van der Waals surface area contributed by atoms with Crippen LogP contribution < -0.4 is 10.6 Å². The van der Waals surface area contributed by atoms with Crippen molar-refractivity contribution in [3.05, 3.63) is 75.3 Å². The lowest BCUT2D eigenvalue weighted by Gasteiger charge is -2.41. The SMILES string of the molecule is C[C@@H](O)[C@@H](O)[C@H](CO[C@H]1OC(CNC(=O)Cc2ccc([N+](=O)[O-])cc2)[C@H](O)C(O)C1O)NC(=O)CCCCCCCCCCc1ccc(F)c(F)c1. The molecule has 0 spiro atoms. The number of carbonyl (C=O) groups excluding carboxylic acids is 2. The minimum Gasteiger partial charge on any atom is -0.391 e. The third kappa shape index (κ3) is 14.1. The van der Waals surface area contributed by atoms with Crippen molar-refractivity contribution in [1.29, 1.82) is 0 Å². The summed E-state index contributed by atoms with van der Waals surface area (Å²) in [6.07, 6.45) is -2.59. The van der Waals surface area contributed by atoms with Gasteiger partial charge in [-0.3, -0.25) is 19.7 Å². The Kier molecular flexibility index (Phi) is 17.9. The smallest absolute Gasteiger partial charge is 0.269 e. The minimum absolute atomic E-state index is 0.127. The molecule has 0 radical (unpaired) electrons. The first kappa shape index (κ1) is 42.8. The number of non-ortho nitro benzene ring substituents is 1. The third-order valence-electron chi connectivity index (χ3n) is 8.98. The van der Waals surface area contributed by atoms with Crippen molar-refractivity contribution in [2.45, 2.75) is 127 Å². The second-order valence-electron chi connectivity index (χ2n) is 13.2. The van der Waals surface area contributed by atoms with E-state index in [4.69, 9.17) is 9.47 Å². The van der Waals surface area contributed by atoms with Gasteiger partial charge < -0.3 is 45.6 Å². The third-order valence-corrected chi connectivity index (χ3v) is 8.98. The summed E-state index contributed by atoms with van der Waals surface area (Å²) in [7, 11) is 0. The maximum absolute atomic E-state index is 13.3. The fraction of sp³-hybridized carbons (Fsp3) is 0.611. The number of hydrogen-bond acceptors (Lipinski definition) is 11. The summed E-state index contributed by atoms with van der Waals surface area (Å²) in [5.74, 6) is -2.57. The maximum Gasteiger partial charge on any atom is 0.269 e. The number of nitrogens with one attached hydrogen (secondary N) is 2. The van der Waals surface area contributed by atoms with Gasteiger partial charge in [0, 0.05) is 25.1 Å². The van der Waals surface area contributed by atoms with Gasteiger partial charge in [0.15, 0.2) is 17.9 Å². The lowest BCUT2D eigenvalue weighted by molar-refractivity contribution is -0.384. The number of aliphatic hydroxyl groups excluding tert-OH is 5. The van der Waals surface area contributed by atoms with Crippen LogP contribution in [0.5, 0.6) is 0 Å². The molecule has 0 saturated carbocycles. The number of aliphatic hydroxyl groups is 5. The molecule has 1 aliphatic heterocycles. The van der Waals surface area contributed by atoms with E-state index >= 15 is 0 Å². The molecule has 0 aromatic heterocycles. The number of carbonyl (C=O) groups is 2. The fourth-order valence-corrected chi connectivity index (χ4v) is 5.83. The second kappa shape index (κ2) is 21.8. The number of aryl methyl sites for hydroxylation is 1. The van der Waals surface area contributed by atoms with Crippen molar-refractivity contribution in [2.75, 3.05) is 13.2 Å². The molecule has 3 unspecified atom stereocenters. The Bertz CT molecular complexity index is 1420. The van der Waals surface area contributed by atoms with Crippen LogP contribution in [0.4, 0.5) is 14.5 Å². The van der Waals surface area contributed by atoms with Crippen molar-refractivity contribution >= 4 is 17.5 Å². The van der Waals surface area contributed by atoms with Gasteiger partial charge in [-0.15, -0.1) is 0 Å². The van der Waals surface area contributed by atoms with Crippen molar-refractivity contribution < 1.29 is 58.3 Å². The molecule has 1 saturated heterocycles. The Hall–Kier alpha value is -3.64. The Morgan fingerprint density at radius 3 is 2.10 bits per heavy atom. The molecular formula is C36H51F2N3O11. The van der Waals surface area contributed by atoms with Gasteiger partial charge in [-0.2, -0.15) is 0 Å². The van der Waals surface area contributed by atoms with Crippen LogP contribution in [0.2, 0.25) is 0 Å². The molecule has 0 aliphatic carbocycles. The molecule has 14 nitrogen and oxygen atoms in total. The van der Waals surface area contributed by atoms with Gasteiger partial charge >= 0.3 is 0 Å². The number of amides is 2. The van der Waals surface area contributed by atoms with E-state index in [0.29, 0.717) is 18.4 Å². The number of nitrogens with zero attached hydrogens (tertiary/aromatic N) is 1. The molecule has 8 atom stereocenters. The zero-order valence-corrected chi connectivity index (χ0v) is 29.2. The van der Waals surface area contributed by atoms with E-state index in [1.165, 1.54) is 37.3 Å². The highest BCUT2D eigenvalue weighted by atomic mass is 19.2. The number of nitro groups is 1. The monoisotopic (exact) mass is 739 g/mol. The van der Waals surface area contributed by atoms with Gasteiger partial charge in [0.05, 0.1) is 30.1 Å². The number of hydrogen-bond donors (Lipinski definition) is 7.